The van der Waals surface area contributed by atoms with E-state index in [0.29, 0.717) is 23.5 Å². The van der Waals surface area contributed by atoms with Gasteiger partial charge in [0.2, 0.25) is 28.5 Å². The monoisotopic (exact) mass is 541 g/mol. The van der Waals surface area contributed by atoms with Gasteiger partial charge in [-0.1, -0.05) is 41.5 Å². The highest BCUT2D eigenvalue weighted by Crippen LogP contribution is 2.40. The highest BCUT2D eigenvalue weighted by Gasteiger charge is 2.45. The predicted octanol–water partition coefficient (Wildman–Crippen LogP) is 4.98. The largest absolute Gasteiger partial charge is 0.479 e. The molecule has 204 valence electrons. The minimum Gasteiger partial charge on any atom is -0.479 e. The molecular formula is C23H43N5O6Si2. The number of hydrogen-bond donors (Lipinski definition) is 1. The van der Waals surface area contributed by atoms with Gasteiger partial charge in [0, 0.05) is 6.42 Å². The van der Waals surface area contributed by atoms with Crippen LogP contribution < -0.4 is 10.5 Å². The lowest BCUT2D eigenvalue weighted by Crippen LogP contribution is -2.44. The van der Waals surface area contributed by atoms with Gasteiger partial charge in [0.1, 0.15) is 25.0 Å². The summed E-state index contributed by atoms with van der Waals surface area (Å²) in [6.45, 7) is 21.7. The Bertz CT molecular complexity index is 1050. The maximum Gasteiger partial charge on any atom is 0.246 e. The fraction of sp³-hybridized carbons (Fsp3) is 0.783. The molecule has 1 aliphatic rings. The highest BCUT2D eigenvalue weighted by molar-refractivity contribution is 6.74. The molecule has 0 radical (unpaired) electrons. The number of fused-ring (bicyclic) bond motifs is 1. The minimum absolute atomic E-state index is 0.00511. The summed E-state index contributed by atoms with van der Waals surface area (Å²) in [7, 11) is -2.74. The summed E-state index contributed by atoms with van der Waals surface area (Å²) in [4.78, 5) is 24.7. The molecule has 0 spiro atoms. The van der Waals surface area contributed by atoms with E-state index in [-0.39, 0.29) is 28.7 Å². The SMILES string of the molecule is COc1nc(N)nc2c1ncn2[C@H]1C[C@H](OO[Si](C)(C)C(C)(C)C)[C@@H](COO[Si](C)(C)C(C)(C)C)O1. The molecule has 1 fully saturated rings. The molecular weight excluding hydrogens is 498 g/mol. The lowest BCUT2D eigenvalue weighted by molar-refractivity contribution is -0.290. The van der Waals surface area contributed by atoms with Crippen LogP contribution >= 0.6 is 0 Å². The summed E-state index contributed by atoms with van der Waals surface area (Å²) in [6.07, 6.45) is 0.908. The molecule has 36 heavy (non-hydrogen) atoms. The Balaban J connectivity index is 1.81. The Hall–Kier alpha value is -1.62. The van der Waals surface area contributed by atoms with Gasteiger partial charge in [-0.25, -0.2) is 14.8 Å². The van der Waals surface area contributed by atoms with E-state index in [9.17, 15) is 0 Å². The number of methoxy groups -OCH3 is 1. The van der Waals surface area contributed by atoms with E-state index in [1.54, 1.807) is 6.33 Å². The number of hydrogen-bond acceptors (Lipinski definition) is 10. The van der Waals surface area contributed by atoms with Crippen LogP contribution in [0, 0.1) is 0 Å². The summed E-state index contributed by atoms with van der Waals surface area (Å²) in [5.74, 6) is 0.404. The topological polar surface area (TPSA) is 125 Å². The van der Waals surface area contributed by atoms with E-state index in [1.807, 2.05) is 4.57 Å². The van der Waals surface area contributed by atoms with E-state index >= 15 is 0 Å². The van der Waals surface area contributed by atoms with Gasteiger partial charge in [-0.3, -0.25) is 13.7 Å². The molecule has 11 nitrogen and oxygen atoms in total. The van der Waals surface area contributed by atoms with Gasteiger partial charge in [-0.15, -0.1) is 0 Å². The third-order valence-corrected chi connectivity index (χ3v) is 15.9. The average molecular weight is 542 g/mol. The number of rotatable bonds is 9. The van der Waals surface area contributed by atoms with Gasteiger partial charge in [0.25, 0.3) is 0 Å². The zero-order valence-corrected chi connectivity index (χ0v) is 25.5. The average Bonchev–Trinajstić information content (AvgIpc) is 3.33. The lowest BCUT2D eigenvalue weighted by atomic mass is 10.2. The first-order valence-electron chi connectivity index (χ1n) is 12.3. The number of anilines is 1. The second kappa shape index (κ2) is 10.3. The molecule has 0 aliphatic carbocycles. The molecule has 2 N–H and O–H groups in total. The Morgan fingerprint density at radius 3 is 2.22 bits per heavy atom. The van der Waals surface area contributed by atoms with Crippen LogP contribution in [-0.2, 0) is 23.7 Å². The first-order valence-corrected chi connectivity index (χ1v) is 18.1. The van der Waals surface area contributed by atoms with Crippen molar-refractivity contribution < 1.29 is 28.4 Å². The minimum atomic E-state index is -2.16. The number of ether oxygens (including phenoxy) is 2. The van der Waals surface area contributed by atoms with Crippen molar-refractivity contribution in [2.75, 3.05) is 19.5 Å². The highest BCUT2D eigenvalue weighted by atomic mass is 28.4. The van der Waals surface area contributed by atoms with Crippen molar-refractivity contribution in [3.8, 4) is 5.88 Å². The fourth-order valence-electron chi connectivity index (χ4n) is 3.06. The molecule has 2 aromatic rings. The molecule has 1 saturated heterocycles. The lowest BCUT2D eigenvalue weighted by Gasteiger charge is -2.36. The predicted molar refractivity (Wildman–Crippen MR) is 142 cm³/mol. The van der Waals surface area contributed by atoms with Crippen LogP contribution in [0.25, 0.3) is 11.2 Å². The first kappa shape index (κ1) is 28.9. The third kappa shape index (κ3) is 6.09. The van der Waals surface area contributed by atoms with Crippen LogP contribution in [0.3, 0.4) is 0 Å². The summed E-state index contributed by atoms with van der Waals surface area (Å²) >= 11 is 0. The molecule has 2 aromatic heterocycles. The maximum absolute atomic E-state index is 6.39. The molecule has 0 saturated carbocycles. The zero-order valence-electron chi connectivity index (χ0n) is 23.5. The summed E-state index contributed by atoms with van der Waals surface area (Å²) in [5, 5.41) is 0.0106. The molecule has 3 heterocycles. The van der Waals surface area contributed by atoms with Crippen molar-refractivity contribution in [2.45, 2.75) is 103 Å². The molecule has 3 rings (SSSR count). The summed E-state index contributed by atoms with van der Waals surface area (Å²) in [5.41, 5.74) is 6.93. The van der Waals surface area contributed by atoms with Crippen LogP contribution in [0.5, 0.6) is 5.88 Å². The van der Waals surface area contributed by atoms with Crippen molar-refractivity contribution in [3.05, 3.63) is 6.33 Å². The van der Waals surface area contributed by atoms with E-state index in [0.717, 1.165) is 0 Å². The molecule has 0 amide bonds. The Kier molecular flexibility index (Phi) is 8.26. The van der Waals surface area contributed by atoms with E-state index in [2.05, 4.69) is 82.7 Å². The standard InChI is InChI=1S/C23H43N5O6Si2/c1-22(2,3)35(8,9)33-30-13-16-15(32-34-36(10,11)23(4,5)6)12-17(31-16)28-14-25-18-19(28)26-21(24)27-20(18)29-7/h14-17H,12-13H2,1-11H3,(H2,24,26,27)/t15-,16+,17+/m0/s1. The van der Waals surface area contributed by atoms with Gasteiger partial charge in [0.15, 0.2) is 11.2 Å². The zero-order chi connectivity index (χ0) is 27.1. The molecule has 0 unspecified atom stereocenters. The normalized spacial score (nSPS) is 21.9. The second-order valence-electron chi connectivity index (χ2n) is 12.4. The molecule has 0 bridgehead atoms. The smallest absolute Gasteiger partial charge is 0.246 e. The number of nitrogens with two attached hydrogens (primary N) is 1. The molecule has 0 aromatic carbocycles. The van der Waals surface area contributed by atoms with Crippen LogP contribution in [0.4, 0.5) is 5.95 Å². The Morgan fingerprint density at radius 1 is 1.03 bits per heavy atom. The van der Waals surface area contributed by atoms with Crippen LogP contribution in [0.1, 0.15) is 54.2 Å². The molecule has 13 heteroatoms. The van der Waals surface area contributed by atoms with Crippen molar-refractivity contribution in [1.82, 2.24) is 19.5 Å². The summed E-state index contributed by atoms with van der Waals surface area (Å²) < 4.78 is 25.6. The fourth-order valence-corrected chi connectivity index (χ4v) is 4.29. The van der Waals surface area contributed by atoms with Gasteiger partial charge in [0.05, 0.1) is 13.4 Å². The Morgan fingerprint density at radius 2 is 1.64 bits per heavy atom. The van der Waals surface area contributed by atoms with Gasteiger partial charge >= 0.3 is 0 Å². The van der Waals surface area contributed by atoms with Crippen molar-refractivity contribution in [1.29, 1.82) is 0 Å². The van der Waals surface area contributed by atoms with Crippen molar-refractivity contribution in [2.24, 2.45) is 0 Å². The van der Waals surface area contributed by atoms with Crippen LogP contribution in [0.15, 0.2) is 6.33 Å². The molecule has 3 atom stereocenters. The van der Waals surface area contributed by atoms with Crippen LogP contribution in [-0.4, -0.2) is 62.1 Å². The molecule has 1 aliphatic heterocycles. The first-order chi connectivity index (χ1) is 16.5. The van der Waals surface area contributed by atoms with Crippen LogP contribution in [0.2, 0.25) is 36.3 Å². The van der Waals surface area contributed by atoms with Gasteiger partial charge < -0.3 is 15.2 Å². The number of aromatic nitrogens is 4. The number of nitrogen functional groups attached to an aromatic ring is 1. The van der Waals surface area contributed by atoms with E-state index in [1.165, 1.54) is 7.11 Å². The van der Waals surface area contributed by atoms with E-state index < -0.39 is 29.0 Å². The van der Waals surface area contributed by atoms with Gasteiger partial charge in [-0.05, 0) is 36.3 Å². The summed E-state index contributed by atoms with van der Waals surface area (Å²) in [6, 6.07) is 0. The van der Waals surface area contributed by atoms with E-state index in [4.69, 9.17) is 34.1 Å². The maximum atomic E-state index is 6.39. The Labute approximate surface area is 216 Å². The van der Waals surface area contributed by atoms with Crippen molar-refractivity contribution >= 4 is 33.7 Å². The quantitative estimate of drug-likeness (QED) is 0.264. The number of imidazole rings is 1. The van der Waals surface area contributed by atoms with Gasteiger partial charge in [-0.2, -0.15) is 9.97 Å². The van der Waals surface area contributed by atoms with Crippen molar-refractivity contribution in [3.63, 3.8) is 0 Å². The second-order valence-corrected chi connectivity index (χ2v) is 21.8. The third-order valence-electron chi connectivity index (χ3n) is 7.58. The number of nitrogens with zero attached hydrogens (tertiary/aromatic N) is 4.